The Hall–Kier alpha value is -0.820. The van der Waals surface area contributed by atoms with E-state index >= 15 is 0 Å². The summed E-state index contributed by atoms with van der Waals surface area (Å²) < 4.78 is 36.3. The van der Waals surface area contributed by atoms with Gasteiger partial charge in [-0.2, -0.15) is 13.2 Å². The van der Waals surface area contributed by atoms with Crippen LogP contribution in [0.15, 0.2) is 11.6 Å². The van der Waals surface area contributed by atoms with E-state index in [2.05, 4.69) is 4.98 Å². The van der Waals surface area contributed by atoms with Gasteiger partial charge in [-0.1, -0.05) is 0 Å². The highest BCUT2D eigenvalue weighted by Gasteiger charge is 2.31. The lowest BCUT2D eigenvalue weighted by Crippen LogP contribution is -2.37. The van der Waals surface area contributed by atoms with Crippen molar-refractivity contribution in [2.75, 3.05) is 24.5 Å². The molecule has 80 valence electrons. The quantitative estimate of drug-likeness (QED) is 0.843. The van der Waals surface area contributed by atoms with Gasteiger partial charge in [0.15, 0.2) is 5.13 Å². The standard InChI is InChI=1S/C7H10F3N3S/c8-7(9,10)5-13(3-1-11)6-12-2-4-14-6/h2,4H,1,3,5,11H2. The van der Waals surface area contributed by atoms with Crippen LogP contribution < -0.4 is 10.6 Å². The molecule has 0 amide bonds. The van der Waals surface area contributed by atoms with Gasteiger partial charge in [0, 0.05) is 24.7 Å². The van der Waals surface area contributed by atoms with Crippen molar-refractivity contribution in [3.8, 4) is 0 Å². The van der Waals surface area contributed by atoms with Crippen LogP contribution in [0.3, 0.4) is 0 Å². The van der Waals surface area contributed by atoms with Gasteiger partial charge in [-0.25, -0.2) is 4.98 Å². The van der Waals surface area contributed by atoms with Gasteiger partial charge in [0.05, 0.1) is 0 Å². The van der Waals surface area contributed by atoms with Crippen molar-refractivity contribution < 1.29 is 13.2 Å². The lowest BCUT2D eigenvalue weighted by Gasteiger charge is -2.22. The first kappa shape index (κ1) is 11.3. The molecule has 0 bridgehead atoms. The molecule has 3 nitrogen and oxygen atoms in total. The molecule has 7 heteroatoms. The van der Waals surface area contributed by atoms with Crippen molar-refractivity contribution in [2.24, 2.45) is 5.73 Å². The summed E-state index contributed by atoms with van der Waals surface area (Å²) in [6.07, 6.45) is -2.75. The van der Waals surface area contributed by atoms with Gasteiger partial charge < -0.3 is 10.6 Å². The van der Waals surface area contributed by atoms with Crippen LogP contribution in [0, 0.1) is 0 Å². The molecule has 0 aliphatic heterocycles. The molecule has 0 fully saturated rings. The number of hydrogen-bond acceptors (Lipinski definition) is 4. The molecule has 1 heterocycles. The molecule has 0 unspecified atom stereocenters. The molecule has 0 radical (unpaired) electrons. The molecule has 14 heavy (non-hydrogen) atoms. The van der Waals surface area contributed by atoms with Crippen LogP contribution in [-0.2, 0) is 0 Å². The summed E-state index contributed by atoms with van der Waals surface area (Å²) in [5, 5.41) is 1.99. The smallest absolute Gasteiger partial charge is 0.338 e. The minimum Gasteiger partial charge on any atom is -0.338 e. The van der Waals surface area contributed by atoms with Gasteiger partial charge in [0.2, 0.25) is 0 Å². The fraction of sp³-hybridized carbons (Fsp3) is 0.571. The summed E-state index contributed by atoms with van der Waals surface area (Å²) in [5.41, 5.74) is 5.22. The van der Waals surface area contributed by atoms with Gasteiger partial charge >= 0.3 is 6.18 Å². The third kappa shape index (κ3) is 3.51. The second-order valence-corrected chi connectivity index (χ2v) is 3.51. The second-order valence-electron chi connectivity index (χ2n) is 2.64. The van der Waals surface area contributed by atoms with Crippen LogP contribution in [0.1, 0.15) is 0 Å². The molecule has 2 N–H and O–H groups in total. The molecule has 0 saturated carbocycles. The summed E-state index contributed by atoms with van der Waals surface area (Å²) in [6, 6.07) is 0. The molecule has 1 aromatic heterocycles. The van der Waals surface area contributed by atoms with Crippen molar-refractivity contribution in [1.29, 1.82) is 0 Å². The van der Waals surface area contributed by atoms with E-state index in [1.807, 2.05) is 0 Å². The van der Waals surface area contributed by atoms with Gasteiger partial charge in [0.1, 0.15) is 6.54 Å². The second kappa shape index (κ2) is 4.61. The number of alkyl halides is 3. The van der Waals surface area contributed by atoms with Crippen LogP contribution >= 0.6 is 11.3 Å². The van der Waals surface area contributed by atoms with E-state index < -0.39 is 12.7 Å². The number of aromatic nitrogens is 1. The predicted molar refractivity (Wildman–Crippen MR) is 49.4 cm³/mol. The van der Waals surface area contributed by atoms with Gasteiger partial charge in [-0.15, -0.1) is 11.3 Å². The first-order chi connectivity index (χ1) is 6.53. The van der Waals surface area contributed by atoms with Crippen LogP contribution in [0.25, 0.3) is 0 Å². The monoisotopic (exact) mass is 225 g/mol. The molecule has 0 atom stereocenters. The largest absolute Gasteiger partial charge is 0.406 e. The molecule has 0 aliphatic rings. The summed E-state index contributed by atoms with van der Waals surface area (Å²) in [4.78, 5) is 4.94. The molecule has 0 spiro atoms. The maximum Gasteiger partial charge on any atom is 0.406 e. The van der Waals surface area contributed by atoms with Gasteiger partial charge in [-0.05, 0) is 0 Å². The molecule has 0 saturated heterocycles. The van der Waals surface area contributed by atoms with Gasteiger partial charge in [0.25, 0.3) is 0 Å². The van der Waals surface area contributed by atoms with Crippen molar-refractivity contribution in [3.05, 3.63) is 11.6 Å². The SMILES string of the molecule is NCCN(CC(F)(F)F)c1nccs1. The topological polar surface area (TPSA) is 42.1 Å². The van der Waals surface area contributed by atoms with E-state index in [9.17, 15) is 13.2 Å². The lowest BCUT2D eigenvalue weighted by atomic mass is 10.5. The van der Waals surface area contributed by atoms with Crippen molar-refractivity contribution in [1.82, 2.24) is 4.98 Å². The minimum absolute atomic E-state index is 0.160. The van der Waals surface area contributed by atoms with Crippen LogP contribution in [0.4, 0.5) is 18.3 Å². The van der Waals surface area contributed by atoms with E-state index in [-0.39, 0.29) is 13.1 Å². The van der Waals surface area contributed by atoms with Crippen LogP contribution in [-0.4, -0.2) is 30.8 Å². The Morgan fingerprint density at radius 3 is 2.64 bits per heavy atom. The Labute approximate surface area is 83.3 Å². The zero-order chi connectivity index (χ0) is 10.6. The van der Waals surface area contributed by atoms with Crippen molar-refractivity contribution in [2.45, 2.75) is 6.18 Å². The lowest BCUT2D eigenvalue weighted by molar-refractivity contribution is -0.119. The van der Waals surface area contributed by atoms with E-state index in [1.165, 1.54) is 17.5 Å². The zero-order valence-corrected chi connectivity index (χ0v) is 8.11. The molecule has 0 aliphatic carbocycles. The number of rotatable bonds is 4. The van der Waals surface area contributed by atoms with Crippen LogP contribution in [0.5, 0.6) is 0 Å². The highest BCUT2D eigenvalue weighted by Crippen LogP contribution is 2.23. The first-order valence-electron chi connectivity index (χ1n) is 3.94. The van der Waals surface area contributed by atoms with Gasteiger partial charge in [-0.3, -0.25) is 0 Å². The Morgan fingerprint density at radius 1 is 1.50 bits per heavy atom. The number of thiazole rings is 1. The number of nitrogens with zero attached hydrogens (tertiary/aromatic N) is 2. The number of anilines is 1. The molecule has 1 rings (SSSR count). The average Bonchev–Trinajstić information content (AvgIpc) is 2.52. The van der Waals surface area contributed by atoms with E-state index in [1.54, 1.807) is 5.38 Å². The number of nitrogens with two attached hydrogens (primary N) is 1. The summed E-state index contributed by atoms with van der Waals surface area (Å²) in [5.74, 6) is 0. The van der Waals surface area contributed by atoms with E-state index in [0.29, 0.717) is 5.13 Å². The van der Waals surface area contributed by atoms with E-state index in [4.69, 9.17) is 5.73 Å². The molecular formula is C7H10F3N3S. The van der Waals surface area contributed by atoms with Crippen molar-refractivity contribution in [3.63, 3.8) is 0 Å². The minimum atomic E-state index is -4.22. The highest BCUT2D eigenvalue weighted by atomic mass is 32.1. The molecular weight excluding hydrogens is 215 g/mol. The Bertz CT molecular complexity index is 260. The van der Waals surface area contributed by atoms with Crippen LogP contribution in [0.2, 0.25) is 0 Å². The highest BCUT2D eigenvalue weighted by molar-refractivity contribution is 7.13. The predicted octanol–water partition coefficient (Wildman–Crippen LogP) is 1.47. The molecule has 0 aromatic carbocycles. The maximum absolute atomic E-state index is 12.1. The average molecular weight is 225 g/mol. The number of halogens is 3. The Kier molecular flexibility index (Phi) is 3.70. The zero-order valence-electron chi connectivity index (χ0n) is 7.29. The summed E-state index contributed by atoms with van der Waals surface area (Å²) in [7, 11) is 0. The third-order valence-electron chi connectivity index (χ3n) is 1.46. The normalized spacial score (nSPS) is 11.7. The van der Waals surface area contributed by atoms with E-state index in [0.717, 1.165) is 4.90 Å². The maximum atomic E-state index is 12.1. The Balaban J connectivity index is 2.65. The van der Waals surface area contributed by atoms with Crippen molar-refractivity contribution >= 4 is 16.5 Å². The molecule has 1 aromatic rings. The summed E-state index contributed by atoms with van der Waals surface area (Å²) in [6.45, 7) is -0.666. The Morgan fingerprint density at radius 2 is 2.21 bits per heavy atom. The first-order valence-corrected chi connectivity index (χ1v) is 4.82. The summed E-state index contributed by atoms with van der Waals surface area (Å²) >= 11 is 1.17. The third-order valence-corrected chi connectivity index (χ3v) is 2.29. The number of hydrogen-bond donors (Lipinski definition) is 1. The fourth-order valence-electron chi connectivity index (χ4n) is 0.987. The fourth-order valence-corrected chi connectivity index (χ4v) is 1.66.